The Labute approximate surface area is 67.5 Å². The lowest BCUT2D eigenvalue weighted by atomic mass is 10.1. The topological polar surface area (TPSA) is 12.9 Å². The number of hydrogen-bond acceptors (Lipinski definition) is 1. The van der Waals surface area contributed by atoms with E-state index in [1.165, 1.54) is 31.2 Å². The van der Waals surface area contributed by atoms with Crippen molar-refractivity contribution in [2.24, 2.45) is 5.92 Å². The molecule has 1 aromatic rings. The van der Waals surface area contributed by atoms with Gasteiger partial charge >= 0.3 is 0 Å². The summed E-state index contributed by atoms with van der Waals surface area (Å²) >= 11 is 0. The molecule has 0 atom stereocenters. The SMILES string of the molecule is c1cc(CCC2CC2)ccn1. The standard InChI is InChI=1S/C10H13N/c1-2-9(1)3-4-10-5-7-11-8-6-10/h5-9H,1-4H2. The largest absolute Gasteiger partial charge is 0.265 e. The van der Waals surface area contributed by atoms with Gasteiger partial charge in [-0.25, -0.2) is 0 Å². The summed E-state index contributed by atoms with van der Waals surface area (Å²) in [6, 6.07) is 4.23. The molecule has 0 unspecified atom stereocenters. The fourth-order valence-corrected chi connectivity index (χ4v) is 1.33. The van der Waals surface area contributed by atoms with Crippen LogP contribution in [-0.2, 0) is 6.42 Å². The van der Waals surface area contributed by atoms with Crippen molar-refractivity contribution >= 4 is 0 Å². The average molecular weight is 147 g/mol. The van der Waals surface area contributed by atoms with Crippen molar-refractivity contribution in [2.75, 3.05) is 0 Å². The van der Waals surface area contributed by atoms with Crippen molar-refractivity contribution in [3.8, 4) is 0 Å². The molecule has 58 valence electrons. The summed E-state index contributed by atoms with van der Waals surface area (Å²) in [5.74, 6) is 1.04. The van der Waals surface area contributed by atoms with Crippen LogP contribution < -0.4 is 0 Å². The third-order valence-corrected chi connectivity index (χ3v) is 2.29. The van der Waals surface area contributed by atoms with E-state index >= 15 is 0 Å². The summed E-state index contributed by atoms with van der Waals surface area (Å²) in [6.45, 7) is 0. The quantitative estimate of drug-likeness (QED) is 0.639. The molecule has 1 aromatic heterocycles. The van der Waals surface area contributed by atoms with Gasteiger partial charge in [-0.05, 0) is 36.5 Å². The van der Waals surface area contributed by atoms with Gasteiger partial charge in [0.1, 0.15) is 0 Å². The molecular weight excluding hydrogens is 134 g/mol. The zero-order chi connectivity index (χ0) is 7.52. The van der Waals surface area contributed by atoms with E-state index in [0.29, 0.717) is 0 Å². The fraction of sp³-hybridized carbons (Fsp3) is 0.500. The molecule has 1 fully saturated rings. The number of pyridine rings is 1. The Bertz CT molecular complexity index is 214. The summed E-state index contributed by atoms with van der Waals surface area (Å²) in [6.07, 6.45) is 9.30. The van der Waals surface area contributed by atoms with Gasteiger partial charge in [0, 0.05) is 12.4 Å². The van der Waals surface area contributed by atoms with E-state index in [9.17, 15) is 0 Å². The molecule has 2 rings (SSSR count). The molecule has 1 heteroatoms. The van der Waals surface area contributed by atoms with Gasteiger partial charge in [0.05, 0.1) is 0 Å². The van der Waals surface area contributed by atoms with E-state index in [-0.39, 0.29) is 0 Å². The summed E-state index contributed by atoms with van der Waals surface area (Å²) in [5, 5.41) is 0. The number of hydrogen-bond donors (Lipinski definition) is 0. The van der Waals surface area contributed by atoms with Crippen LogP contribution in [0.25, 0.3) is 0 Å². The Kier molecular flexibility index (Phi) is 1.89. The van der Waals surface area contributed by atoms with E-state index in [1.807, 2.05) is 12.4 Å². The maximum atomic E-state index is 3.99. The summed E-state index contributed by atoms with van der Waals surface area (Å²) in [4.78, 5) is 3.99. The average Bonchev–Trinajstić information content (AvgIpc) is 2.86. The van der Waals surface area contributed by atoms with Crippen molar-refractivity contribution in [2.45, 2.75) is 25.7 Å². The molecule has 0 amide bonds. The van der Waals surface area contributed by atoms with Gasteiger partial charge in [-0.2, -0.15) is 0 Å². The normalized spacial score (nSPS) is 16.7. The molecule has 11 heavy (non-hydrogen) atoms. The molecule has 1 saturated carbocycles. The highest BCUT2D eigenvalue weighted by Crippen LogP contribution is 2.33. The minimum atomic E-state index is 1.04. The Hall–Kier alpha value is -0.850. The molecule has 0 radical (unpaired) electrons. The van der Waals surface area contributed by atoms with Crippen LogP contribution >= 0.6 is 0 Å². The summed E-state index contributed by atoms with van der Waals surface area (Å²) in [7, 11) is 0. The highest BCUT2D eigenvalue weighted by molar-refractivity contribution is 5.09. The number of aromatic nitrogens is 1. The first-order valence-electron chi connectivity index (χ1n) is 4.34. The smallest absolute Gasteiger partial charge is 0.0270 e. The molecule has 1 aliphatic carbocycles. The second kappa shape index (κ2) is 3.04. The van der Waals surface area contributed by atoms with Crippen LogP contribution in [-0.4, -0.2) is 4.98 Å². The lowest BCUT2D eigenvalue weighted by molar-refractivity contribution is 0.726. The number of nitrogens with zero attached hydrogens (tertiary/aromatic N) is 1. The highest BCUT2D eigenvalue weighted by atomic mass is 14.6. The Morgan fingerprint density at radius 1 is 1.27 bits per heavy atom. The molecular formula is C10H13N. The third-order valence-electron chi connectivity index (χ3n) is 2.29. The van der Waals surface area contributed by atoms with Crippen LogP contribution in [0.15, 0.2) is 24.5 Å². The predicted molar refractivity (Wildman–Crippen MR) is 45.3 cm³/mol. The van der Waals surface area contributed by atoms with Crippen LogP contribution in [0.3, 0.4) is 0 Å². The van der Waals surface area contributed by atoms with E-state index < -0.39 is 0 Å². The summed E-state index contributed by atoms with van der Waals surface area (Å²) < 4.78 is 0. The molecule has 0 bridgehead atoms. The Balaban J connectivity index is 1.85. The van der Waals surface area contributed by atoms with Crippen molar-refractivity contribution < 1.29 is 0 Å². The molecule has 0 saturated heterocycles. The lowest BCUT2D eigenvalue weighted by Gasteiger charge is -1.97. The van der Waals surface area contributed by atoms with Gasteiger partial charge in [0.2, 0.25) is 0 Å². The van der Waals surface area contributed by atoms with Crippen LogP contribution in [0.1, 0.15) is 24.8 Å². The van der Waals surface area contributed by atoms with Gasteiger partial charge in [-0.1, -0.05) is 12.8 Å². The number of rotatable bonds is 3. The maximum Gasteiger partial charge on any atom is 0.0270 e. The van der Waals surface area contributed by atoms with Gasteiger partial charge in [0.25, 0.3) is 0 Å². The second-order valence-corrected chi connectivity index (χ2v) is 3.34. The molecule has 0 spiro atoms. The third kappa shape index (κ3) is 2.04. The zero-order valence-corrected chi connectivity index (χ0v) is 6.66. The van der Waals surface area contributed by atoms with Crippen molar-refractivity contribution in [1.82, 2.24) is 4.98 Å². The maximum absolute atomic E-state index is 3.99. The second-order valence-electron chi connectivity index (χ2n) is 3.34. The molecule has 0 N–H and O–H groups in total. The monoisotopic (exact) mass is 147 g/mol. The van der Waals surface area contributed by atoms with Crippen molar-refractivity contribution in [1.29, 1.82) is 0 Å². The zero-order valence-electron chi connectivity index (χ0n) is 6.66. The first kappa shape index (κ1) is 6.84. The molecule has 0 aliphatic heterocycles. The number of aryl methyl sites for hydroxylation is 1. The van der Waals surface area contributed by atoms with Crippen LogP contribution in [0.5, 0.6) is 0 Å². The Morgan fingerprint density at radius 2 is 2.00 bits per heavy atom. The molecule has 0 aromatic carbocycles. The van der Waals surface area contributed by atoms with E-state index in [1.54, 1.807) is 0 Å². The van der Waals surface area contributed by atoms with Gasteiger partial charge in [-0.3, -0.25) is 4.98 Å². The minimum absolute atomic E-state index is 1.04. The van der Waals surface area contributed by atoms with Gasteiger partial charge in [-0.15, -0.1) is 0 Å². The van der Waals surface area contributed by atoms with Gasteiger partial charge < -0.3 is 0 Å². The minimum Gasteiger partial charge on any atom is -0.265 e. The fourth-order valence-electron chi connectivity index (χ4n) is 1.33. The van der Waals surface area contributed by atoms with Gasteiger partial charge in [0.15, 0.2) is 0 Å². The van der Waals surface area contributed by atoms with E-state index in [4.69, 9.17) is 0 Å². The van der Waals surface area contributed by atoms with Crippen LogP contribution in [0, 0.1) is 5.92 Å². The van der Waals surface area contributed by atoms with Crippen LogP contribution in [0.4, 0.5) is 0 Å². The van der Waals surface area contributed by atoms with E-state index in [0.717, 1.165) is 5.92 Å². The Morgan fingerprint density at radius 3 is 2.64 bits per heavy atom. The molecule has 1 nitrogen and oxygen atoms in total. The van der Waals surface area contributed by atoms with Crippen LogP contribution in [0.2, 0.25) is 0 Å². The summed E-state index contributed by atoms with van der Waals surface area (Å²) in [5.41, 5.74) is 1.44. The van der Waals surface area contributed by atoms with Crippen molar-refractivity contribution in [3.05, 3.63) is 30.1 Å². The van der Waals surface area contributed by atoms with Crippen molar-refractivity contribution in [3.63, 3.8) is 0 Å². The van der Waals surface area contributed by atoms with E-state index in [2.05, 4.69) is 17.1 Å². The predicted octanol–water partition coefficient (Wildman–Crippen LogP) is 2.42. The first-order valence-corrected chi connectivity index (χ1v) is 4.34. The molecule has 1 aliphatic rings. The highest BCUT2D eigenvalue weighted by Gasteiger charge is 2.20. The lowest BCUT2D eigenvalue weighted by Crippen LogP contribution is -1.86. The molecule has 1 heterocycles. The first-order chi connectivity index (χ1) is 5.45.